The quantitative estimate of drug-likeness (QED) is 0.412. The molecule has 0 amide bonds. The summed E-state index contributed by atoms with van der Waals surface area (Å²) in [4.78, 5) is 4.99. The largest absolute Gasteiger partial charge is 0.348 e. The lowest BCUT2D eigenvalue weighted by atomic mass is 10.1. The van der Waals surface area contributed by atoms with E-state index in [1.54, 1.807) is 11.3 Å². The summed E-state index contributed by atoms with van der Waals surface area (Å²) in [5.41, 5.74) is 6.28. The van der Waals surface area contributed by atoms with E-state index in [2.05, 4.69) is 75.0 Å². The predicted octanol–water partition coefficient (Wildman–Crippen LogP) is 5.38. The van der Waals surface area contributed by atoms with Crippen LogP contribution in [-0.4, -0.2) is 24.3 Å². The van der Waals surface area contributed by atoms with Crippen LogP contribution in [0.25, 0.3) is 11.3 Å². The Hall–Kier alpha value is -2.73. The summed E-state index contributed by atoms with van der Waals surface area (Å²) in [6.07, 6.45) is 6.58. The van der Waals surface area contributed by atoms with Crippen LogP contribution in [-0.2, 0) is 32.4 Å². The third kappa shape index (κ3) is 4.22. The van der Waals surface area contributed by atoms with Crippen molar-refractivity contribution >= 4 is 11.3 Å². The maximum atomic E-state index is 4.99. The highest BCUT2D eigenvalue weighted by atomic mass is 32.1. The second-order valence-electron chi connectivity index (χ2n) is 8.47. The molecule has 5 rings (SSSR count). The van der Waals surface area contributed by atoms with Gasteiger partial charge in [-0.1, -0.05) is 36.8 Å². The van der Waals surface area contributed by atoms with E-state index in [0.717, 1.165) is 54.7 Å². The molecule has 0 atom stereocenters. The zero-order valence-electron chi connectivity index (χ0n) is 18.3. The molecule has 1 aliphatic rings. The van der Waals surface area contributed by atoms with Crippen LogP contribution < -0.4 is 0 Å². The third-order valence-corrected chi connectivity index (χ3v) is 7.21. The summed E-state index contributed by atoms with van der Waals surface area (Å²) in [5.74, 6) is 2.21. The normalized spacial score (nSPS) is 13.9. The fourth-order valence-corrected chi connectivity index (χ4v) is 5.41. The fraction of sp³-hybridized carbons (Fsp3) is 0.400. The molecule has 1 aromatic carbocycles. The second-order valence-corrected chi connectivity index (χ2v) is 9.41. The van der Waals surface area contributed by atoms with Gasteiger partial charge in [0.05, 0.1) is 12.1 Å². The second kappa shape index (κ2) is 8.79. The predicted molar refractivity (Wildman–Crippen MR) is 126 cm³/mol. The van der Waals surface area contributed by atoms with Gasteiger partial charge in [0.1, 0.15) is 16.7 Å². The van der Waals surface area contributed by atoms with Crippen LogP contribution in [0, 0.1) is 13.8 Å². The lowest BCUT2D eigenvalue weighted by Crippen LogP contribution is -2.06. The van der Waals surface area contributed by atoms with Gasteiger partial charge in [0.25, 0.3) is 0 Å². The third-order valence-electron chi connectivity index (χ3n) is 6.36. The van der Waals surface area contributed by atoms with E-state index in [1.165, 1.54) is 41.8 Å². The number of benzene rings is 1. The molecular formula is C25H29N5S. The van der Waals surface area contributed by atoms with Gasteiger partial charge in [0.2, 0.25) is 0 Å². The van der Waals surface area contributed by atoms with Gasteiger partial charge in [-0.05, 0) is 44.7 Å². The van der Waals surface area contributed by atoms with E-state index < -0.39 is 0 Å². The van der Waals surface area contributed by atoms with Crippen LogP contribution in [0.1, 0.15) is 52.9 Å². The molecule has 0 spiro atoms. The molecule has 0 saturated carbocycles. The maximum absolute atomic E-state index is 4.99. The highest BCUT2D eigenvalue weighted by molar-refractivity contribution is 7.10. The number of aryl methyl sites for hydroxylation is 3. The first kappa shape index (κ1) is 20.2. The van der Waals surface area contributed by atoms with Gasteiger partial charge in [-0.3, -0.25) is 0 Å². The van der Waals surface area contributed by atoms with Gasteiger partial charge in [0, 0.05) is 41.8 Å². The standard InChI is InChI=1S/C25H29N5S/c1-18-15-21(19(2)29(18)14-12-20-9-5-3-6-10-20)22-17-31-25(26-22)16-24-28-27-23-11-7-4-8-13-30(23)24/h3,5-6,9-10,15,17H,4,7-8,11-14,16H2,1-2H3. The van der Waals surface area contributed by atoms with E-state index in [0.29, 0.717) is 0 Å². The summed E-state index contributed by atoms with van der Waals surface area (Å²) in [7, 11) is 0. The van der Waals surface area contributed by atoms with E-state index >= 15 is 0 Å². The summed E-state index contributed by atoms with van der Waals surface area (Å²) in [6.45, 7) is 6.44. The molecule has 6 heteroatoms. The van der Waals surface area contributed by atoms with Crippen LogP contribution in [0.15, 0.2) is 41.8 Å². The molecule has 5 nitrogen and oxygen atoms in total. The SMILES string of the molecule is Cc1cc(-c2csc(Cc3nnc4n3CCCCC4)n2)c(C)n1CCc1ccccc1. The Morgan fingerprint density at radius 1 is 1.03 bits per heavy atom. The molecule has 0 fully saturated rings. The average Bonchev–Trinajstić information content (AvgIpc) is 3.41. The first-order chi connectivity index (χ1) is 15.2. The van der Waals surface area contributed by atoms with Crippen molar-refractivity contribution in [3.05, 3.63) is 75.4 Å². The first-order valence-electron chi connectivity index (χ1n) is 11.3. The number of rotatable bonds is 6. The molecule has 0 bridgehead atoms. The summed E-state index contributed by atoms with van der Waals surface area (Å²) in [5, 5.41) is 12.2. The zero-order valence-corrected chi connectivity index (χ0v) is 19.2. The zero-order chi connectivity index (χ0) is 21.2. The van der Waals surface area contributed by atoms with E-state index in [1.807, 2.05) is 0 Å². The van der Waals surface area contributed by atoms with Crippen LogP contribution in [0.2, 0.25) is 0 Å². The van der Waals surface area contributed by atoms with Crippen molar-refractivity contribution in [2.24, 2.45) is 0 Å². The molecule has 0 N–H and O–H groups in total. The molecule has 0 aliphatic carbocycles. The molecule has 0 radical (unpaired) electrons. The number of thiazole rings is 1. The number of nitrogens with zero attached hydrogens (tertiary/aromatic N) is 5. The number of aromatic nitrogens is 5. The Morgan fingerprint density at radius 3 is 2.77 bits per heavy atom. The maximum Gasteiger partial charge on any atom is 0.139 e. The minimum atomic E-state index is 0.768. The van der Waals surface area contributed by atoms with Gasteiger partial charge in [-0.25, -0.2) is 4.98 Å². The lowest BCUT2D eigenvalue weighted by molar-refractivity contribution is 0.611. The lowest BCUT2D eigenvalue weighted by Gasteiger charge is -2.09. The molecule has 0 unspecified atom stereocenters. The highest BCUT2D eigenvalue weighted by Crippen LogP contribution is 2.29. The van der Waals surface area contributed by atoms with Crippen LogP contribution in [0.4, 0.5) is 0 Å². The van der Waals surface area contributed by atoms with E-state index in [9.17, 15) is 0 Å². The molecule has 4 aromatic rings. The van der Waals surface area contributed by atoms with E-state index in [-0.39, 0.29) is 0 Å². The molecule has 3 aromatic heterocycles. The fourth-order valence-electron chi connectivity index (χ4n) is 4.62. The summed E-state index contributed by atoms with van der Waals surface area (Å²) in [6, 6.07) is 13.0. The van der Waals surface area contributed by atoms with Gasteiger partial charge >= 0.3 is 0 Å². The average molecular weight is 432 g/mol. The van der Waals surface area contributed by atoms with Crippen LogP contribution >= 0.6 is 11.3 Å². The minimum Gasteiger partial charge on any atom is -0.348 e. The Morgan fingerprint density at radius 2 is 1.90 bits per heavy atom. The van der Waals surface area contributed by atoms with Crippen LogP contribution in [0.5, 0.6) is 0 Å². The number of hydrogen-bond acceptors (Lipinski definition) is 4. The number of hydrogen-bond donors (Lipinski definition) is 0. The van der Waals surface area contributed by atoms with Gasteiger partial charge < -0.3 is 9.13 Å². The first-order valence-corrected chi connectivity index (χ1v) is 12.1. The Labute approximate surface area is 187 Å². The van der Waals surface area contributed by atoms with Crippen LogP contribution in [0.3, 0.4) is 0 Å². The van der Waals surface area contributed by atoms with Gasteiger partial charge in [-0.2, -0.15) is 0 Å². The van der Waals surface area contributed by atoms with Crippen molar-refractivity contribution in [3.63, 3.8) is 0 Å². The molecule has 1 aliphatic heterocycles. The molecule has 31 heavy (non-hydrogen) atoms. The Kier molecular flexibility index (Phi) is 5.72. The number of fused-ring (bicyclic) bond motifs is 1. The summed E-state index contributed by atoms with van der Waals surface area (Å²) >= 11 is 1.73. The molecule has 4 heterocycles. The topological polar surface area (TPSA) is 48.5 Å². The van der Waals surface area contributed by atoms with Gasteiger partial charge in [0.15, 0.2) is 0 Å². The molecule has 160 valence electrons. The molecular weight excluding hydrogens is 402 g/mol. The van der Waals surface area contributed by atoms with Crippen molar-refractivity contribution in [1.29, 1.82) is 0 Å². The van der Waals surface area contributed by atoms with Gasteiger partial charge in [-0.15, -0.1) is 21.5 Å². The van der Waals surface area contributed by atoms with Crippen molar-refractivity contribution in [1.82, 2.24) is 24.3 Å². The highest BCUT2D eigenvalue weighted by Gasteiger charge is 2.18. The van der Waals surface area contributed by atoms with Crippen molar-refractivity contribution in [2.75, 3.05) is 0 Å². The monoisotopic (exact) mass is 431 g/mol. The Bertz CT molecular complexity index is 1170. The Balaban J connectivity index is 1.34. The van der Waals surface area contributed by atoms with Crippen molar-refractivity contribution in [3.8, 4) is 11.3 Å². The van der Waals surface area contributed by atoms with Crippen molar-refractivity contribution < 1.29 is 0 Å². The van der Waals surface area contributed by atoms with E-state index in [4.69, 9.17) is 4.98 Å². The smallest absolute Gasteiger partial charge is 0.139 e. The van der Waals surface area contributed by atoms with Crippen molar-refractivity contribution in [2.45, 2.75) is 65.5 Å². The summed E-state index contributed by atoms with van der Waals surface area (Å²) < 4.78 is 4.74. The minimum absolute atomic E-state index is 0.768. The molecule has 0 saturated heterocycles.